The summed E-state index contributed by atoms with van der Waals surface area (Å²) in [6.45, 7) is 2.76. The fourth-order valence-electron chi connectivity index (χ4n) is 2.95. The maximum atomic E-state index is 10.1. The lowest BCUT2D eigenvalue weighted by Gasteiger charge is -2.44. The standard InChI is InChI=1S/C10H20N2O3/c1-10(15)3-6(11-2)8-9(14)7(13)4-12(8)5-10/h6-9,11,13-15H,3-5H2,1-2H3/t6-,7-,8-,9+,10+/m1/s1. The van der Waals surface area contributed by atoms with Gasteiger partial charge in [-0.1, -0.05) is 0 Å². The van der Waals surface area contributed by atoms with E-state index in [0.717, 1.165) is 0 Å². The van der Waals surface area contributed by atoms with Crippen LogP contribution in [0.4, 0.5) is 0 Å². The molecule has 2 saturated heterocycles. The second-order valence-corrected chi connectivity index (χ2v) is 5.07. The van der Waals surface area contributed by atoms with Gasteiger partial charge in [-0.05, 0) is 20.4 Å². The average Bonchev–Trinajstić information content (AvgIpc) is 2.39. The Hall–Kier alpha value is -0.200. The van der Waals surface area contributed by atoms with E-state index in [1.54, 1.807) is 6.92 Å². The summed E-state index contributed by atoms with van der Waals surface area (Å²) in [5.74, 6) is 0. The number of nitrogens with one attached hydrogen (secondary N) is 1. The normalized spacial score (nSPS) is 51.8. The van der Waals surface area contributed by atoms with E-state index in [9.17, 15) is 15.3 Å². The van der Waals surface area contributed by atoms with Crippen LogP contribution in [0.1, 0.15) is 13.3 Å². The molecule has 2 aliphatic rings. The number of hydrogen-bond acceptors (Lipinski definition) is 5. The van der Waals surface area contributed by atoms with E-state index in [-0.39, 0.29) is 12.1 Å². The molecule has 0 spiro atoms. The van der Waals surface area contributed by atoms with Gasteiger partial charge in [0.25, 0.3) is 0 Å². The van der Waals surface area contributed by atoms with Crippen LogP contribution in [0.2, 0.25) is 0 Å². The van der Waals surface area contributed by atoms with Gasteiger partial charge in [-0.2, -0.15) is 0 Å². The zero-order valence-electron chi connectivity index (χ0n) is 9.22. The van der Waals surface area contributed by atoms with Crippen molar-refractivity contribution in [1.29, 1.82) is 0 Å². The Morgan fingerprint density at radius 3 is 2.67 bits per heavy atom. The van der Waals surface area contributed by atoms with Gasteiger partial charge in [0.05, 0.1) is 23.9 Å². The Labute approximate surface area is 89.7 Å². The van der Waals surface area contributed by atoms with Crippen LogP contribution in [-0.2, 0) is 0 Å². The summed E-state index contributed by atoms with van der Waals surface area (Å²) in [6.07, 6.45) is -0.799. The van der Waals surface area contributed by atoms with E-state index < -0.39 is 17.8 Å². The predicted molar refractivity (Wildman–Crippen MR) is 55.5 cm³/mol. The Morgan fingerprint density at radius 2 is 2.07 bits per heavy atom. The molecule has 2 heterocycles. The summed E-state index contributed by atoms with van der Waals surface area (Å²) in [6, 6.07) is -0.0499. The van der Waals surface area contributed by atoms with Crippen LogP contribution in [0.25, 0.3) is 0 Å². The van der Waals surface area contributed by atoms with Crippen LogP contribution < -0.4 is 5.32 Å². The Balaban J connectivity index is 2.19. The minimum Gasteiger partial charge on any atom is -0.389 e. The van der Waals surface area contributed by atoms with Crippen LogP contribution in [0, 0.1) is 0 Å². The summed E-state index contributed by atoms with van der Waals surface area (Å²) < 4.78 is 0. The van der Waals surface area contributed by atoms with Crippen molar-refractivity contribution in [3.63, 3.8) is 0 Å². The number of hydrogen-bond donors (Lipinski definition) is 4. The van der Waals surface area contributed by atoms with Crippen LogP contribution in [0.15, 0.2) is 0 Å². The molecule has 15 heavy (non-hydrogen) atoms. The molecule has 0 aromatic heterocycles. The second kappa shape index (κ2) is 3.68. The van der Waals surface area contributed by atoms with Crippen molar-refractivity contribution in [1.82, 2.24) is 10.2 Å². The number of piperidine rings is 1. The minimum absolute atomic E-state index is 0.0286. The van der Waals surface area contributed by atoms with Gasteiger partial charge < -0.3 is 20.6 Å². The van der Waals surface area contributed by atoms with Crippen LogP contribution in [0.5, 0.6) is 0 Å². The molecule has 0 aromatic rings. The lowest BCUT2D eigenvalue weighted by atomic mass is 9.85. The molecule has 4 N–H and O–H groups in total. The Morgan fingerprint density at radius 1 is 1.40 bits per heavy atom. The molecular weight excluding hydrogens is 196 g/mol. The van der Waals surface area contributed by atoms with E-state index in [0.29, 0.717) is 19.5 Å². The highest BCUT2D eigenvalue weighted by Gasteiger charge is 2.50. The first-order chi connectivity index (χ1) is 6.94. The number of aliphatic hydroxyl groups is 3. The smallest absolute Gasteiger partial charge is 0.0981 e. The highest BCUT2D eigenvalue weighted by Crippen LogP contribution is 2.32. The van der Waals surface area contributed by atoms with Crippen LogP contribution in [-0.4, -0.2) is 70.2 Å². The van der Waals surface area contributed by atoms with E-state index in [1.807, 2.05) is 11.9 Å². The number of likely N-dealkylation sites (N-methyl/N-ethyl adjacent to an activating group) is 1. The molecule has 5 atom stereocenters. The van der Waals surface area contributed by atoms with Crippen molar-refractivity contribution >= 4 is 0 Å². The quantitative estimate of drug-likeness (QED) is 0.413. The first kappa shape index (κ1) is 11.3. The first-order valence-electron chi connectivity index (χ1n) is 5.44. The zero-order valence-corrected chi connectivity index (χ0v) is 9.22. The molecule has 2 aliphatic heterocycles. The molecule has 0 saturated carbocycles. The lowest BCUT2D eigenvalue weighted by Crippen LogP contribution is -2.61. The van der Waals surface area contributed by atoms with Crippen molar-refractivity contribution in [2.75, 3.05) is 20.1 Å². The monoisotopic (exact) mass is 216 g/mol. The van der Waals surface area contributed by atoms with Gasteiger partial charge >= 0.3 is 0 Å². The van der Waals surface area contributed by atoms with Gasteiger partial charge in [0.15, 0.2) is 0 Å². The zero-order chi connectivity index (χ0) is 11.2. The van der Waals surface area contributed by atoms with Gasteiger partial charge in [-0.15, -0.1) is 0 Å². The molecule has 0 radical (unpaired) electrons. The third-order valence-corrected chi connectivity index (χ3v) is 3.57. The van der Waals surface area contributed by atoms with Crippen molar-refractivity contribution in [2.45, 2.75) is 43.2 Å². The van der Waals surface area contributed by atoms with Crippen molar-refractivity contribution in [3.05, 3.63) is 0 Å². The fraction of sp³-hybridized carbons (Fsp3) is 1.00. The topological polar surface area (TPSA) is 76.0 Å². The minimum atomic E-state index is -0.742. The molecule has 88 valence electrons. The summed E-state index contributed by atoms with van der Waals surface area (Å²) in [7, 11) is 1.82. The maximum Gasteiger partial charge on any atom is 0.0981 e. The fourth-order valence-corrected chi connectivity index (χ4v) is 2.95. The SMILES string of the molecule is CN[C@@H]1C[C@](C)(O)CN2C[C@@H](O)[C@H](O)[C@@H]12. The van der Waals surface area contributed by atoms with E-state index in [4.69, 9.17) is 0 Å². The molecule has 0 bridgehead atoms. The van der Waals surface area contributed by atoms with E-state index >= 15 is 0 Å². The maximum absolute atomic E-state index is 10.1. The first-order valence-corrected chi connectivity index (χ1v) is 5.44. The lowest BCUT2D eigenvalue weighted by molar-refractivity contribution is -0.0579. The number of fused-ring (bicyclic) bond motifs is 1. The Bertz CT molecular complexity index is 237. The molecule has 0 amide bonds. The summed E-state index contributed by atoms with van der Waals surface area (Å²) in [5.41, 5.74) is -0.742. The molecule has 0 aromatic carbocycles. The molecule has 2 rings (SSSR count). The third kappa shape index (κ3) is 1.90. The van der Waals surface area contributed by atoms with Gasteiger partial charge in [0.2, 0.25) is 0 Å². The third-order valence-electron chi connectivity index (χ3n) is 3.57. The average molecular weight is 216 g/mol. The molecule has 0 unspecified atom stereocenters. The highest BCUT2D eigenvalue weighted by atomic mass is 16.3. The van der Waals surface area contributed by atoms with E-state index in [2.05, 4.69) is 5.32 Å². The van der Waals surface area contributed by atoms with Crippen molar-refractivity contribution in [2.24, 2.45) is 0 Å². The summed E-state index contributed by atoms with van der Waals surface area (Å²) in [4.78, 5) is 1.97. The molecule has 5 heteroatoms. The summed E-state index contributed by atoms with van der Waals surface area (Å²) >= 11 is 0. The van der Waals surface area contributed by atoms with Gasteiger partial charge in [-0.3, -0.25) is 4.90 Å². The largest absolute Gasteiger partial charge is 0.389 e. The molecule has 2 fully saturated rings. The molecular formula is C10H20N2O3. The number of aliphatic hydroxyl groups excluding tert-OH is 2. The van der Waals surface area contributed by atoms with E-state index in [1.165, 1.54) is 0 Å². The molecule has 5 nitrogen and oxygen atoms in total. The summed E-state index contributed by atoms with van der Waals surface area (Å²) in [5, 5.41) is 32.6. The van der Waals surface area contributed by atoms with Gasteiger partial charge in [-0.25, -0.2) is 0 Å². The van der Waals surface area contributed by atoms with Crippen LogP contribution in [0.3, 0.4) is 0 Å². The number of nitrogens with zero attached hydrogens (tertiary/aromatic N) is 1. The second-order valence-electron chi connectivity index (χ2n) is 5.07. The predicted octanol–water partition coefficient (Wildman–Crippen LogP) is -1.86. The highest BCUT2D eigenvalue weighted by molar-refractivity contribution is 5.06. The van der Waals surface area contributed by atoms with Gasteiger partial charge in [0.1, 0.15) is 0 Å². The Kier molecular flexibility index (Phi) is 2.77. The number of rotatable bonds is 1. The van der Waals surface area contributed by atoms with Crippen molar-refractivity contribution in [3.8, 4) is 0 Å². The molecule has 0 aliphatic carbocycles. The van der Waals surface area contributed by atoms with Crippen LogP contribution >= 0.6 is 0 Å². The van der Waals surface area contributed by atoms with Gasteiger partial charge in [0, 0.05) is 19.1 Å². The van der Waals surface area contributed by atoms with Crippen molar-refractivity contribution < 1.29 is 15.3 Å².